The van der Waals surface area contributed by atoms with Crippen molar-refractivity contribution in [1.82, 2.24) is 5.32 Å². The number of furan rings is 1. The first kappa shape index (κ1) is 16.7. The quantitative estimate of drug-likeness (QED) is 0.883. The molecule has 0 fully saturated rings. The predicted octanol–water partition coefficient (Wildman–Crippen LogP) is 3.66. The summed E-state index contributed by atoms with van der Waals surface area (Å²) in [6, 6.07) is 7.55. The van der Waals surface area contributed by atoms with Crippen molar-refractivity contribution in [3.05, 3.63) is 46.9 Å². The minimum absolute atomic E-state index is 0. The Hall–Kier alpha value is -1.36. The van der Waals surface area contributed by atoms with E-state index in [-0.39, 0.29) is 12.4 Å². The van der Waals surface area contributed by atoms with Crippen LogP contribution in [-0.2, 0) is 13.1 Å². The van der Waals surface area contributed by atoms with Crippen LogP contribution in [0.4, 0.5) is 0 Å². The van der Waals surface area contributed by atoms with E-state index in [4.69, 9.17) is 25.5 Å². The van der Waals surface area contributed by atoms with Gasteiger partial charge in [-0.15, -0.1) is 12.4 Å². The van der Waals surface area contributed by atoms with Gasteiger partial charge in [-0.3, -0.25) is 0 Å². The van der Waals surface area contributed by atoms with E-state index in [9.17, 15) is 0 Å². The van der Waals surface area contributed by atoms with Gasteiger partial charge in [-0.2, -0.15) is 0 Å². The van der Waals surface area contributed by atoms with Crippen molar-refractivity contribution in [1.29, 1.82) is 0 Å². The highest BCUT2D eigenvalue weighted by atomic mass is 35.5. The Morgan fingerprint density at radius 1 is 1.20 bits per heavy atom. The molecule has 110 valence electrons. The Morgan fingerprint density at radius 2 is 2.00 bits per heavy atom. The maximum Gasteiger partial charge on any atom is 0.179 e. The van der Waals surface area contributed by atoms with Gasteiger partial charge >= 0.3 is 0 Å². The number of halogens is 2. The summed E-state index contributed by atoms with van der Waals surface area (Å²) in [5.74, 6) is 2.08. The number of nitrogens with one attached hydrogen (secondary N) is 1. The van der Waals surface area contributed by atoms with Crippen LogP contribution in [0.2, 0.25) is 5.02 Å². The van der Waals surface area contributed by atoms with Gasteiger partial charge in [-0.05, 0) is 29.8 Å². The fourth-order valence-electron chi connectivity index (χ4n) is 1.82. The van der Waals surface area contributed by atoms with Gasteiger partial charge in [0.25, 0.3) is 0 Å². The van der Waals surface area contributed by atoms with Crippen molar-refractivity contribution in [2.45, 2.75) is 13.1 Å². The Morgan fingerprint density at radius 3 is 2.60 bits per heavy atom. The largest absolute Gasteiger partial charge is 0.493 e. The van der Waals surface area contributed by atoms with Crippen LogP contribution < -0.4 is 14.8 Å². The lowest BCUT2D eigenvalue weighted by Crippen LogP contribution is -2.12. The van der Waals surface area contributed by atoms with Crippen molar-refractivity contribution < 1.29 is 13.9 Å². The van der Waals surface area contributed by atoms with Gasteiger partial charge in [0.1, 0.15) is 5.76 Å². The van der Waals surface area contributed by atoms with E-state index in [1.807, 2.05) is 24.3 Å². The lowest BCUT2D eigenvalue weighted by molar-refractivity contribution is 0.354. The Labute approximate surface area is 129 Å². The second kappa shape index (κ2) is 8.04. The summed E-state index contributed by atoms with van der Waals surface area (Å²) in [6.07, 6.45) is 1.66. The third-order valence-electron chi connectivity index (χ3n) is 2.70. The molecule has 0 radical (unpaired) electrons. The molecule has 20 heavy (non-hydrogen) atoms. The summed E-state index contributed by atoms with van der Waals surface area (Å²) in [6.45, 7) is 1.33. The van der Waals surface area contributed by atoms with E-state index in [0.29, 0.717) is 29.6 Å². The maximum atomic E-state index is 6.14. The summed E-state index contributed by atoms with van der Waals surface area (Å²) < 4.78 is 15.7. The monoisotopic (exact) mass is 317 g/mol. The predicted molar refractivity (Wildman–Crippen MR) is 81.1 cm³/mol. The molecule has 0 amide bonds. The molecule has 2 rings (SSSR count). The van der Waals surface area contributed by atoms with E-state index >= 15 is 0 Å². The average Bonchev–Trinajstić information content (AvgIpc) is 2.91. The standard InChI is InChI=1S/C14H16ClNO3.ClH/c1-17-13-7-10(6-12(15)14(13)18-2)8-16-9-11-4-3-5-19-11;/h3-7,16H,8-9H2,1-2H3;1H. The van der Waals surface area contributed by atoms with E-state index in [1.54, 1.807) is 20.5 Å². The topological polar surface area (TPSA) is 43.6 Å². The van der Waals surface area contributed by atoms with Crippen molar-refractivity contribution in [2.24, 2.45) is 0 Å². The van der Waals surface area contributed by atoms with Gasteiger partial charge in [-0.25, -0.2) is 0 Å². The number of ether oxygens (including phenoxy) is 2. The Bertz CT molecular complexity index is 529. The van der Waals surface area contributed by atoms with E-state index in [0.717, 1.165) is 11.3 Å². The maximum absolute atomic E-state index is 6.14. The average molecular weight is 318 g/mol. The number of benzene rings is 1. The molecule has 0 spiro atoms. The van der Waals surface area contributed by atoms with E-state index in [2.05, 4.69) is 5.32 Å². The molecule has 2 aromatic rings. The van der Waals surface area contributed by atoms with Crippen LogP contribution in [0.3, 0.4) is 0 Å². The summed E-state index contributed by atoms with van der Waals surface area (Å²) in [5.41, 5.74) is 1.02. The van der Waals surface area contributed by atoms with Crippen LogP contribution in [0.25, 0.3) is 0 Å². The van der Waals surface area contributed by atoms with Gasteiger partial charge in [-0.1, -0.05) is 11.6 Å². The fraction of sp³-hybridized carbons (Fsp3) is 0.286. The molecular weight excluding hydrogens is 301 g/mol. The zero-order chi connectivity index (χ0) is 13.7. The van der Waals surface area contributed by atoms with E-state index in [1.165, 1.54) is 0 Å². The van der Waals surface area contributed by atoms with E-state index < -0.39 is 0 Å². The highest BCUT2D eigenvalue weighted by molar-refractivity contribution is 6.32. The van der Waals surface area contributed by atoms with Gasteiger partial charge < -0.3 is 19.2 Å². The summed E-state index contributed by atoms with van der Waals surface area (Å²) >= 11 is 6.14. The first-order valence-corrected chi connectivity index (χ1v) is 6.26. The fourth-order valence-corrected chi connectivity index (χ4v) is 2.13. The SMILES string of the molecule is COc1cc(CNCc2ccco2)cc(Cl)c1OC.Cl. The smallest absolute Gasteiger partial charge is 0.179 e. The molecule has 0 bridgehead atoms. The molecule has 0 atom stereocenters. The molecule has 1 aromatic heterocycles. The van der Waals surface area contributed by atoms with Gasteiger partial charge in [0.2, 0.25) is 0 Å². The van der Waals surface area contributed by atoms with Crippen molar-refractivity contribution in [3.8, 4) is 11.5 Å². The van der Waals surface area contributed by atoms with Crippen molar-refractivity contribution in [2.75, 3.05) is 14.2 Å². The van der Waals surface area contributed by atoms with Gasteiger partial charge in [0, 0.05) is 6.54 Å². The molecule has 0 saturated carbocycles. The molecule has 0 saturated heterocycles. The molecule has 1 aromatic carbocycles. The zero-order valence-electron chi connectivity index (χ0n) is 11.3. The highest BCUT2D eigenvalue weighted by Gasteiger charge is 2.10. The normalized spacial score (nSPS) is 9.95. The third-order valence-corrected chi connectivity index (χ3v) is 2.98. The number of hydrogen-bond acceptors (Lipinski definition) is 4. The number of rotatable bonds is 6. The minimum atomic E-state index is 0. The Kier molecular flexibility index (Phi) is 6.71. The lowest BCUT2D eigenvalue weighted by atomic mass is 10.2. The molecule has 1 heterocycles. The lowest BCUT2D eigenvalue weighted by Gasteiger charge is -2.12. The van der Waals surface area contributed by atoms with Crippen LogP contribution in [0.1, 0.15) is 11.3 Å². The molecular formula is C14H17Cl2NO3. The molecule has 0 aliphatic carbocycles. The summed E-state index contributed by atoms with van der Waals surface area (Å²) in [7, 11) is 3.16. The van der Waals surface area contributed by atoms with Crippen LogP contribution in [0.15, 0.2) is 34.9 Å². The molecule has 0 aliphatic heterocycles. The van der Waals surface area contributed by atoms with Crippen molar-refractivity contribution in [3.63, 3.8) is 0 Å². The number of hydrogen-bond donors (Lipinski definition) is 1. The summed E-state index contributed by atoms with van der Waals surface area (Å²) in [5, 5.41) is 3.81. The van der Waals surface area contributed by atoms with Crippen molar-refractivity contribution >= 4 is 24.0 Å². The Balaban J connectivity index is 0.00000200. The van der Waals surface area contributed by atoms with Gasteiger partial charge in [0.15, 0.2) is 11.5 Å². The molecule has 0 unspecified atom stereocenters. The summed E-state index contributed by atoms with van der Waals surface area (Å²) in [4.78, 5) is 0. The molecule has 4 nitrogen and oxygen atoms in total. The van der Waals surface area contributed by atoms with Crippen LogP contribution >= 0.6 is 24.0 Å². The van der Waals surface area contributed by atoms with Crippen LogP contribution in [0.5, 0.6) is 11.5 Å². The molecule has 0 aliphatic rings. The highest BCUT2D eigenvalue weighted by Crippen LogP contribution is 2.35. The second-order valence-corrected chi connectivity index (χ2v) is 4.40. The zero-order valence-corrected chi connectivity index (χ0v) is 12.9. The number of methoxy groups -OCH3 is 2. The minimum Gasteiger partial charge on any atom is -0.493 e. The second-order valence-electron chi connectivity index (χ2n) is 4.00. The first-order valence-electron chi connectivity index (χ1n) is 5.88. The van der Waals surface area contributed by atoms with Crippen LogP contribution in [0, 0.1) is 0 Å². The van der Waals surface area contributed by atoms with Crippen LogP contribution in [-0.4, -0.2) is 14.2 Å². The molecule has 1 N–H and O–H groups in total. The first-order chi connectivity index (χ1) is 9.24. The van der Waals surface area contributed by atoms with Gasteiger partial charge in [0.05, 0.1) is 32.1 Å². The molecule has 6 heteroatoms. The third kappa shape index (κ3) is 4.07.